The van der Waals surface area contributed by atoms with E-state index in [0.717, 1.165) is 0 Å². The average Bonchev–Trinajstić information content (AvgIpc) is 2.28. The molecule has 1 radical (unpaired) electrons. The lowest BCUT2D eigenvalue weighted by atomic mass is 10.0. The van der Waals surface area contributed by atoms with Crippen LogP contribution in [0.2, 0.25) is 0 Å². The fourth-order valence-electron chi connectivity index (χ4n) is 1.48. The third kappa shape index (κ3) is 1.93. The van der Waals surface area contributed by atoms with Gasteiger partial charge in [0.15, 0.2) is 0 Å². The van der Waals surface area contributed by atoms with Gasteiger partial charge in [-0.25, -0.2) is 0 Å². The van der Waals surface area contributed by atoms with E-state index in [4.69, 9.17) is 4.74 Å². The van der Waals surface area contributed by atoms with Gasteiger partial charge in [0.25, 0.3) is 0 Å². The van der Waals surface area contributed by atoms with Crippen LogP contribution in [0.15, 0.2) is 36.4 Å². The third-order valence-electron chi connectivity index (χ3n) is 2.28. The zero-order valence-corrected chi connectivity index (χ0v) is 8.77. The van der Waals surface area contributed by atoms with Gasteiger partial charge in [0.1, 0.15) is 17.2 Å². The van der Waals surface area contributed by atoms with Crippen LogP contribution in [-0.4, -0.2) is 17.3 Å². The SMILES string of the molecule is COc1ccc(-c2[c]ccc(O)c2)c(O)c1. The Labute approximate surface area is 93.6 Å². The summed E-state index contributed by atoms with van der Waals surface area (Å²) in [6.45, 7) is 0. The molecule has 2 rings (SSSR count). The standard InChI is InChI=1S/C13H11O3/c1-16-11-5-6-12(13(15)8-11)9-3-2-4-10(14)7-9/h2,4-8,14-15H,1H3. The summed E-state index contributed by atoms with van der Waals surface area (Å²) in [6.07, 6.45) is 0. The average molecular weight is 215 g/mol. The first-order chi connectivity index (χ1) is 7.70. The molecule has 2 aromatic rings. The summed E-state index contributed by atoms with van der Waals surface area (Å²) >= 11 is 0. The zero-order valence-electron chi connectivity index (χ0n) is 8.77. The van der Waals surface area contributed by atoms with Crippen LogP contribution in [0.3, 0.4) is 0 Å². The van der Waals surface area contributed by atoms with Crippen LogP contribution < -0.4 is 4.74 Å². The quantitative estimate of drug-likeness (QED) is 0.809. The Bertz CT molecular complexity index is 506. The fraction of sp³-hybridized carbons (Fsp3) is 0.0769. The Balaban J connectivity index is 2.48. The number of hydrogen-bond donors (Lipinski definition) is 2. The summed E-state index contributed by atoms with van der Waals surface area (Å²) in [4.78, 5) is 0. The van der Waals surface area contributed by atoms with Gasteiger partial charge in [0.2, 0.25) is 0 Å². The molecular formula is C13H11O3. The van der Waals surface area contributed by atoms with Gasteiger partial charge in [0, 0.05) is 11.6 Å². The van der Waals surface area contributed by atoms with Crippen molar-refractivity contribution in [3.63, 3.8) is 0 Å². The van der Waals surface area contributed by atoms with Gasteiger partial charge in [0.05, 0.1) is 7.11 Å². The molecule has 0 aromatic heterocycles. The van der Waals surface area contributed by atoms with Crippen LogP contribution in [0.5, 0.6) is 17.2 Å². The van der Waals surface area contributed by atoms with E-state index in [1.165, 1.54) is 19.2 Å². The minimum Gasteiger partial charge on any atom is -0.508 e. The summed E-state index contributed by atoms with van der Waals surface area (Å²) < 4.78 is 4.99. The lowest BCUT2D eigenvalue weighted by molar-refractivity contribution is 0.408. The van der Waals surface area contributed by atoms with Crippen molar-refractivity contribution in [2.75, 3.05) is 7.11 Å². The molecule has 3 heteroatoms. The molecule has 16 heavy (non-hydrogen) atoms. The van der Waals surface area contributed by atoms with E-state index < -0.39 is 0 Å². The molecule has 2 N–H and O–H groups in total. The predicted molar refractivity (Wildman–Crippen MR) is 60.6 cm³/mol. The maximum absolute atomic E-state index is 9.79. The molecule has 0 aliphatic heterocycles. The highest BCUT2D eigenvalue weighted by molar-refractivity contribution is 5.71. The van der Waals surface area contributed by atoms with E-state index >= 15 is 0 Å². The van der Waals surface area contributed by atoms with Gasteiger partial charge in [-0.3, -0.25) is 0 Å². The highest BCUT2D eigenvalue weighted by atomic mass is 16.5. The molecule has 0 unspecified atom stereocenters. The Kier molecular flexibility index (Phi) is 2.68. The molecule has 0 atom stereocenters. The molecule has 81 valence electrons. The van der Waals surface area contributed by atoms with E-state index in [9.17, 15) is 10.2 Å². The first-order valence-corrected chi connectivity index (χ1v) is 4.79. The summed E-state index contributed by atoms with van der Waals surface area (Å²) in [6, 6.07) is 12.6. The topological polar surface area (TPSA) is 49.7 Å². The number of phenolic OH excluding ortho intramolecular Hbond substituents is 2. The molecule has 0 aliphatic rings. The van der Waals surface area contributed by atoms with E-state index in [1.807, 2.05) is 0 Å². The van der Waals surface area contributed by atoms with Crippen molar-refractivity contribution in [2.24, 2.45) is 0 Å². The second-order valence-corrected chi connectivity index (χ2v) is 3.34. The second kappa shape index (κ2) is 4.14. The van der Waals surface area contributed by atoms with Crippen LogP contribution in [0, 0.1) is 6.07 Å². The first kappa shape index (κ1) is 10.4. The third-order valence-corrected chi connectivity index (χ3v) is 2.28. The summed E-state index contributed by atoms with van der Waals surface area (Å²) in [5.41, 5.74) is 1.25. The monoisotopic (exact) mass is 215 g/mol. The van der Waals surface area contributed by atoms with Crippen molar-refractivity contribution < 1.29 is 14.9 Å². The molecule has 3 nitrogen and oxygen atoms in total. The molecule has 0 heterocycles. The Hall–Kier alpha value is -2.16. The van der Waals surface area contributed by atoms with Crippen LogP contribution >= 0.6 is 0 Å². The first-order valence-electron chi connectivity index (χ1n) is 4.79. The van der Waals surface area contributed by atoms with Crippen molar-refractivity contribution in [3.05, 3.63) is 42.5 Å². The largest absolute Gasteiger partial charge is 0.508 e. The number of methoxy groups -OCH3 is 1. The molecule has 0 saturated carbocycles. The van der Waals surface area contributed by atoms with Gasteiger partial charge >= 0.3 is 0 Å². The predicted octanol–water partition coefficient (Wildman–Crippen LogP) is 2.57. The van der Waals surface area contributed by atoms with Crippen molar-refractivity contribution in [3.8, 4) is 28.4 Å². The molecule has 0 fully saturated rings. The van der Waals surface area contributed by atoms with E-state index in [0.29, 0.717) is 16.9 Å². The van der Waals surface area contributed by atoms with Crippen LogP contribution in [0.4, 0.5) is 0 Å². The number of hydrogen-bond acceptors (Lipinski definition) is 3. The number of phenols is 2. The smallest absolute Gasteiger partial charge is 0.127 e. The summed E-state index contributed by atoms with van der Waals surface area (Å²) in [5.74, 6) is 0.826. The lowest BCUT2D eigenvalue weighted by Gasteiger charge is -2.06. The van der Waals surface area contributed by atoms with Gasteiger partial charge < -0.3 is 14.9 Å². The normalized spacial score (nSPS) is 10.1. The van der Waals surface area contributed by atoms with E-state index in [2.05, 4.69) is 6.07 Å². The number of rotatable bonds is 2. The van der Waals surface area contributed by atoms with Gasteiger partial charge in [-0.15, -0.1) is 0 Å². The molecule has 0 saturated heterocycles. The van der Waals surface area contributed by atoms with Crippen molar-refractivity contribution in [2.45, 2.75) is 0 Å². The number of aromatic hydroxyl groups is 2. The Morgan fingerprint density at radius 2 is 1.94 bits per heavy atom. The molecule has 2 aromatic carbocycles. The minimum absolute atomic E-state index is 0.0983. The Morgan fingerprint density at radius 1 is 1.12 bits per heavy atom. The molecule has 0 amide bonds. The molecule has 0 aliphatic carbocycles. The van der Waals surface area contributed by atoms with Crippen LogP contribution in [0.25, 0.3) is 11.1 Å². The van der Waals surface area contributed by atoms with Crippen LogP contribution in [0.1, 0.15) is 0 Å². The summed E-state index contributed by atoms with van der Waals surface area (Å²) in [7, 11) is 1.54. The van der Waals surface area contributed by atoms with E-state index in [-0.39, 0.29) is 11.5 Å². The minimum atomic E-state index is 0.0983. The molecular weight excluding hydrogens is 204 g/mol. The van der Waals surface area contributed by atoms with Crippen LogP contribution in [-0.2, 0) is 0 Å². The molecule has 0 bridgehead atoms. The van der Waals surface area contributed by atoms with Crippen molar-refractivity contribution >= 4 is 0 Å². The van der Waals surface area contributed by atoms with Gasteiger partial charge in [-0.1, -0.05) is 6.07 Å². The van der Waals surface area contributed by atoms with E-state index in [1.54, 1.807) is 24.3 Å². The van der Waals surface area contributed by atoms with Crippen molar-refractivity contribution in [1.29, 1.82) is 0 Å². The van der Waals surface area contributed by atoms with Gasteiger partial charge in [-0.05, 0) is 35.9 Å². The lowest BCUT2D eigenvalue weighted by Crippen LogP contribution is -1.84. The Morgan fingerprint density at radius 3 is 2.56 bits per heavy atom. The number of benzene rings is 2. The van der Waals surface area contributed by atoms with Crippen molar-refractivity contribution in [1.82, 2.24) is 0 Å². The molecule has 0 spiro atoms. The maximum Gasteiger partial charge on any atom is 0.127 e. The fourth-order valence-corrected chi connectivity index (χ4v) is 1.48. The second-order valence-electron chi connectivity index (χ2n) is 3.34. The summed E-state index contributed by atoms with van der Waals surface area (Å²) in [5, 5.41) is 19.1. The highest BCUT2D eigenvalue weighted by Gasteiger charge is 2.06. The number of ether oxygens (including phenoxy) is 1. The zero-order chi connectivity index (χ0) is 11.5. The maximum atomic E-state index is 9.79. The van der Waals surface area contributed by atoms with Gasteiger partial charge in [-0.2, -0.15) is 0 Å². The highest BCUT2D eigenvalue weighted by Crippen LogP contribution is 2.33.